The second-order valence-electron chi connectivity index (χ2n) is 2.98. The molecule has 1 aliphatic rings. The maximum Gasteiger partial charge on any atom is 0.294 e. The third kappa shape index (κ3) is 2.17. The lowest BCUT2D eigenvalue weighted by molar-refractivity contribution is 0.114. The van der Waals surface area contributed by atoms with Gasteiger partial charge in [0.15, 0.2) is 0 Å². The summed E-state index contributed by atoms with van der Waals surface area (Å²) in [7, 11) is -4.11. The van der Waals surface area contributed by atoms with Crippen molar-refractivity contribution in [3.63, 3.8) is 0 Å². The van der Waals surface area contributed by atoms with Crippen molar-refractivity contribution in [2.45, 2.75) is 18.9 Å². The molecule has 1 aliphatic carbocycles. The van der Waals surface area contributed by atoms with Crippen molar-refractivity contribution >= 4 is 10.1 Å². The van der Waals surface area contributed by atoms with Crippen LogP contribution < -0.4 is 0 Å². The first-order valence-corrected chi connectivity index (χ1v) is 4.84. The van der Waals surface area contributed by atoms with Gasteiger partial charge in [-0.15, -0.1) is 0 Å². The highest BCUT2D eigenvalue weighted by Crippen LogP contribution is 2.22. The average Bonchev–Trinajstić information content (AvgIpc) is 1.83. The molecule has 0 aliphatic heterocycles. The van der Waals surface area contributed by atoms with E-state index in [9.17, 15) is 13.5 Å². The van der Waals surface area contributed by atoms with Gasteiger partial charge in [0, 0.05) is 0 Å². The van der Waals surface area contributed by atoms with E-state index in [0.717, 1.165) is 0 Å². The van der Waals surface area contributed by atoms with Gasteiger partial charge in [-0.05, 0) is 19.4 Å². The van der Waals surface area contributed by atoms with Gasteiger partial charge in [-0.25, -0.2) is 0 Å². The Bertz CT molecular complexity index is 334. The van der Waals surface area contributed by atoms with E-state index >= 15 is 0 Å². The lowest BCUT2D eigenvalue weighted by Gasteiger charge is -2.20. The minimum Gasteiger partial charge on any atom is -0.386 e. The van der Waals surface area contributed by atoms with Gasteiger partial charge in [-0.1, -0.05) is 12.2 Å². The molecule has 1 unspecified atom stereocenters. The summed E-state index contributed by atoms with van der Waals surface area (Å²) >= 11 is 0. The Labute approximate surface area is 71.0 Å². The van der Waals surface area contributed by atoms with E-state index in [1.807, 2.05) is 0 Å². The van der Waals surface area contributed by atoms with Crippen LogP contribution in [0.5, 0.6) is 0 Å². The van der Waals surface area contributed by atoms with Crippen molar-refractivity contribution < 1.29 is 18.1 Å². The van der Waals surface area contributed by atoms with Gasteiger partial charge in [-0.2, -0.15) is 8.42 Å². The summed E-state index contributed by atoms with van der Waals surface area (Å²) in [6.07, 6.45) is 4.02. The van der Waals surface area contributed by atoms with E-state index in [2.05, 4.69) is 0 Å². The normalized spacial score (nSPS) is 30.1. The number of hydrogen-bond donors (Lipinski definition) is 2. The fraction of sp³-hybridized carbons (Fsp3) is 0.429. The van der Waals surface area contributed by atoms with Crippen LogP contribution in [0.3, 0.4) is 0 Å². The molecular weight excluding hydrogens is 180 g/mol. The molecule has 4 nitrogen and oxygen atoms in total. The van der Waals surface area contributed by atoms with Crippen LogP contribution >= 0.6 is 0 Å². The van der Waals surface area contributed by atoms with Crippen LogP contribution in [0.2, 0.25) is 0 Å². The Morgan fingerprint density at radius 2 is 2.17 bits per heavy atom. The molecule has 5 heteroatoms. The first-order chi connectivity index (χ1) is 5.31. The molecule has 1 atom stereocenters. The fourth-order valence-corrected chi connectivity index (χ4v) is 1.43. The molecular formula is C7H10O4S. The Hall–Kier alpha value is -0.650. The van der Waals surface area contributed by atoms with E-state index in [1.165, 1.54) is 18.2 Å². The lowest BCUT2D eigenvalue weighted by Crippen LogP contribution is -2.22. The highest BCUT2D eigenvalue weighted by molar-refractivity contribution is 7.90. The number of allylic oxidation sites excluding steroid dienone is 1. The van der Waals surface area contributed by atoms with Crippen LogP contribution in [-0.4, -0.2) is 23.7 Å². The monoisotopic (exact) mass is 190 g/mol. The lowest BCUT2D eigenvalue weighted by atomic mass is 9.98. The molecule has 68 valence electrons. The smallest absolute Gasteiger partial charge is 0.294 e. The summed E-state index contributed by atoms with van der Waals surface area (Å²) in [5.41, 5.74) is -1.01. The predicted molar refractivity (Wildman–Crippen MR) is 44.0 cm³/mol. The van der Waals surface area contributed by atoms with Crippen molar-refractivity contribution in [1.82, 2.24) is 0 Å². The third-order valence-electron chi connectivity index (χ3n) is 1.62. The first-order valence-electron chi connectivity index (χ1n) is 3.40. The molecule has 0 heterocycles. The number of hydrogen-bond acceptors (Lipinski definition) is 3. The van der Waals surface area contributed by atoms with E-state index < -0.39 is 15.7 Å². The second-order valence-corrected chi connectivity index (χ2v) is 4.40. The van der Waals surface area contributed by atoms with Crippen LogP contribution in [-0.2, 0) is 10.1 Å². The summed E-state index contributed by atoms with van der Waals surface area (Å²) < 4.78 is 29.7. The summed E-state index contributed by atoms with van der Waals surface area (Å²) in [6.45, 7) is 1.56. The van der Waals surface area contributed by atoms with E-state index in [4.69, 9.17) is 4.55 Å². The van der Waals surface area contributed by atoms with E-state index in [0.29, 0.717) is 0 Å². The van der Waals surface area contributed by atoms with Crippen molar-refractivity contribution in [1.29, 1.82) is 0 Å². The molecule has 0 fully saturated rings. The zero-order chi connectivity index (χ0) is 9.41. The van der Waals surface area contributed by atoms with Crippen LogP contribution in [0.25, 0.3) is 0 Å². The first kappa shape index (κ1) is 9.44. The Balaban J connectivity index is 2.93. The molecule has 0 aromatic rings. The van der Waals surface area contributed by atoms with Gasteiger partial charge in [0.05, 0.1) is 10.5 Å². The third-order valence-corrected chi connectivity index (χ3v) is 2.52. The SMILES string of the molecule is CC1(O)C=CC(S(=O)(=O)O)=CC1. The maximum atomic E-state index is 10.6. The van der Waals surface area contributed by atoms with Crippen LogP contribution in [0.1, 0.15) is 13.3 Å². The largest absolute Gasteiger partial charge is 0.386 e. The molecule has 0 saturated carbocycles. The van der Waals surface area contributed by atoms with Crippen LogP contribution in [0.15, 0.2) is 23.1 Å². The van der Waals surface area contributed by atoms with Gasteiger partial charge >= 0.3 is 0 Å². The van der Waals surface area contributed by atoms with Crippen molar-refractivity contribution in [2.24, 2.45) is 0 Å². The average molecular weight is 190 g/mol. The summed E-state index contributed by atoms with van der Waals surface area (Å²) in [4.78, 5) is -0.158. The Kier molecular flexibility index (Phi) is 2.11. The molecule has 0 radical (unpaired) electrons. The molecule has 12 heavy (non-hydrogen) atoms. The number of aliphatic hydroxyl groups is 1. The molecule has 0 amide bonds. The quantitative estimate of drug-likeness (QED) is 0.589. The van der Waals surface area contributed by atoms with Gasteiger partial charge in [-0.3, -0.25) is 4.55 Å². The summed E-state index contributed by atoms with van der Waals surface area (Å²) in [5.74, 6) is 0. The second kappa shape index (κ2) is 2.69. The van der Waals surface area contributed by atoms with Crippen LogP contribution in [0, 0.1) is 0 Å². The van der Waals surface area contributed by atoms with Crippen molar-refractivity contribution in [3.05, 3.63) is 23.1 Å². The molecule has 0 saturated heterocycles. The molecule has 0 aromatic heterocycles. The van der Waals surface area contributed by atoms with E-state index in [-0.39, 0.29) is 11.3 Å². The minimum absolute atomic E-state index is 0.158. The topological polar surface area (TPSA) is 74.6 Å². The zero-order valence-corrected chi connectivity index (χ0v) is 7.37. The highest BCUT2D eigenvalue weighted by Gasteiger charge is 2.22. The standard InChI is InChI=1S/C7H10O4S/c1-7(8)4-2-6(3-5-7)12(9,10)11/h2-4,8H,5H2,1H3,(H,9,10,11). The molecule has 0 aromatic carbocycles. The van der Waals surface area contributed by atoms with Gasteiger partial charge in [0.1, 0.15) is 0 Å². The predicted octanol–water partition coefficient (Wildman–Crippen LogP) is 0.469. The Morgan fingerprint density at radius 1 is 1.58 bits per heavy atom. The maximum absolute atomic E-state index is 10.6. The molecule has 2 N–H and O–H groups in total. The van der Waals surface area contributed by atoms with Crippen molar-refractivity contribution in [2.75, 3.05) is 0 Å². The Morgan fingerprint density at radius 3 is 2.50 bits per heavy atom. The van der Waals surface area contributed by atoms with Gasteiger partial charge in [0.2, 0.25) is 0 Å². The van der Waals surface area contributed by atoms with Gasteiger partial charge < -0.3 is 5.11 Å². The van der Waals surface area contributed by atoms with E-state index in [1.54, 1.807) is 6.92 Å². The zero-order valence-electron chi connectivity index (χ0n) is 6.56. The molecule has 1 rings (SSSR count). The fourth-order valence-electron chi connectivity index (χ4n) is 0.896. The molecule has 0 spiro atoms. The summed E-state index contributed by atoms with van der Waals surface area (Å²) in [6, 6.07) is 0. The molecule has 0 bridgehead atoms. The van der Waals surface area contributed by atoms with Gasteiger partial charge in [0.25, 0.3) is 10.1 Å². The highest BCUT2D eigenvalue weighted by atomic mass is 32.2. The minimum atomic E-state index is -4.11. The summed E-state index contributed by atoms with van der Waals surface area (Å²) in [5, 5.41) is 9.35. The van der Waals surface area contributed by atoms with Crippen molar-refractivity contribution in [3.8, 4) is 0 Å². The number of rotatable bonds is 1. The van der Waals surface area contributed by atoms with Crippen LogP contribution in [0.4, 0.5) is 0 Å².